The molecule has 0 heterocycles. The van der Waals surface area contributed by atoms with E-state index in [-0.39, 0.29) is 11.9 Å². The molecule has 0 aliphatic rings. The second-order valence-corrected chi connectivity index (χ2v) is 4.85. The molecular weight excluding hydrogens is 225 g/mol. The van der Waals surface area contributed by atoms with Crippen molar-refractivity contribution in [3.63, 3.8) is 0 Å². The minimum atomic E-state index is -0.278. The van der Waals surface area contributed by atoms with Crippen LogP contribution in [0.5, 0.6) is 0 Å². The fourth-order valence-electron chi connectivity index (χ4n) is 2.08. The summed E-state index contributed by atoms with van der Waals surface area (Å²) in [5.41, 5.74) is 11.0. The third-order valence-electron chi connectivity index (χ3n) is 3.32. The Hall–Kier alpha value is -1.67. The van der Waals surface area contributed by atoms with Crippen LogP contribution in [0, 0.1) is 26.6 Å². The van der Waals surface area contributed by atoms with Crippen LogP contribution in [0.15, 0.2) is 36.4 Å². The lowest BCUT2D eigenvalue weighted by molar-refractivity contribution is 0.614. The Kier molecular flexibility index (Phi) is 3.48. The molecule has 1 atom stereocenters. The van der Waals surface area contributed by atoms with Gasteiger partial charge in [0.25, 0.3) is 0 Å². The molecule has 0 saturated carbocycles. The standard InChI is InChI=1S/C16H18FN/c1-10-4-5-11(2)14(8-10)16(18)13-7-6-12(3)15(17)9-13/h4-9,16H,18H2,1-3H3. The zero-order valence-corrected chi connectivity index (χ0v) is 11.0. The molecule has 0 aromatic heterocycles. The molecule has 1 unspecified atom stereocenters. The Morgan fingerprint density at radius 1 is 0.944 bits per heavy atom. The molecule has 2 heteroatoms. The highest BCUT2D eigenvalue weighted by atomic mass is 19.1. The second kappa shape index (κ2) is 4.91. The monoisotopic (exact) mass is 243 g/mol. The average Bonchev–Trinajstić information content (AvgIpc) is 2.35. The Bertz CT molecular complexity index is 575. The van der Waals surface area contributed by atoms with Crippen LogP contribution in [0.3, 0.4) is 0 Å². The van der Waals surface area contributed by atoms with Crippen LogP contribution < -0.4 is 5.73 Å². The van der Waals surface area contributed by atoms with Crippen molar-refractivity contribution >= 4 is 0 Å². The molecule has 0 fully saturated rings. The number of aryl methyl sites for hydroxylation is 3. The number of hydrogen-bond acceptors (Lipinski definition) is 1. The summed E-state index contributed by atoms with van der Waals surface area (Å²) >= 11 is 0. The van der Waals surface area contributed by atoms with E-state index in [4.69, 9.17) is 5.73 Å². The van der Waals surface area contributed by atoms with Crippen molar-refractivity contribution in [1.82, 2.24) is 0 Å². The summed E-state index contributed by atoms with van der Waals surface area (Å²) in [5, 5.41) is 0. The molecule has 0 spiro atoms. The van der Waals surface area contributed by atoms with Crippen LogP contribution in [0.1, 0.15) is 33.9 Å². The normalized spacial score (nSPS) is 12.5. The van der Waals surface area contributed by atoms with Crippen LogP contribution in [0.25, 0.3) is 0 Å². The van der Waals surface area contributed by atoms with Crippen molar-refractivity contribution in [2.45, 2.75) is 26.8 Å². The van der Waals surface area contributed by atoms with Crippen molar-refractivity contribution in [3.05, 3.63) is 70.0 Å². The maximum Gasteiger partial charge on any atom is 0.126 e. The molecule has 2 N–H and O–H groups in total. The summed E-state index contributed by atoms with van der Waals surface area (Å²) in [6.45, 7) is 5.81. The van der Waals surface area contributed by atoms with Crippen LogP contribution in [0.4, 0.5) is 4.39 Å². The number of nitrogens with two attached hydrogens (primary N) is 1. The van der Waals surface area contributed by atoms with E-state index in [1.165, 1.54) is 11.6 Å². The fraction of sp³-hybridized carbons (Fsp3) is 0.250. The van der Waals surface area contributed by atoms with Gasteiger partial charge in [-0.1, -0.05) is 35.9 Å². The van der Waals surface area contributed by atoms with Gasteiger partial charge in [-0.2, -0.15) is 0 Å². The van der Waals surface area contributed by atoms with E-state index in [2.05, 4.69) is 18.2 Å². The summed E-state index contributed by atoms with van der Waals surface area (Å²) < 4.78 is 13.6. The molecule has 0 bridgehead atoms. The molecule has 2 aromatic rings. The molecule has 2 aromatic carbocycles. The Morgan fingerprint density at radius 2 is 1.61 bits per heavy atom. The van der Waals surface area contributed by atoms with Gasteiger partial charge in [0.1, 0.15) is 5.82 Å². The van der Waals surface area contributed by atoms with Crippen LogP contribution in [-0.4, -0.2) is 0 Å². The van der Waals surface area contributed by atoms with Gasteiger partial charge in [-0.05, 0) is 49.1 Å². The fourth-order valence-corrected chi connectivity index (χ4v) is 2.08. The largest absolute Gasteiger partial charge is 0.320 e. The molecule has 94 valence electrons. The van der Waals surface area contributed by atoms with Crippen molar-refractivity contribution in [2.24, 2.45) is 5.73 Å². The van der Waals surface area contributed by atoms with Crippen molar-refractivity contribution in [1.29, 1.82) is 0 Å². The van der Waals surface area contributed by atoms with Crippen LogP contribution in [0.2, 0.25) is 0 Å². The summed E-state index contributed by atoms with van der Waals surface area (Å²) in [6, 6.07) is 11.1. The second-order valence-electron chi connectivity index (χ2n) is 4.85. The first-order valence-electron chi connectivity index (χ1n) is 6.08. The first kappa shape index (κ1) is 12.8. The maximum atomic E-state index is 13.6. The molecule has 1 nitrogen and oxygen atoms in total. The van der Waals surface area contributed by atoms with E-state index < -0.39 is 0 Å². The quantitative estimate of drug-likeness (QED) is 0.853. The van der Waals surface area contributed by atoms with Crippen molar-refractivity contribution in [2.75, 3.05) is 0 Å². The lowest BCUT2D eigenvalue weighted by Gasteiger charge is -2.16. The van der Waals surface area contributed by atoms with E-state index in [1.54, 1.807) is 13.0 Å². The van der Waals surface area contributed by atoms with Gasteiger partial charge in [0.05, 0.1) is 6.04 Å². The predicted molar refractivity (Wildman–Crippen MR) is 73.1 cm³/mol. The highest BCUT2D eigenvalue weighted by molar-refractivity contribution is 5.39. The van der Waals surface area contributed by atoms with Gasteiger partial charge in [0.2, 0.25) is 0 Å². The van der Waals surface area contributed by atoms with Crippen LogP contribution in [-0.2, 0) is 0 Å². The molecule has 0 aliphatic carbocycles. The topological polar surface area (TPSA) is 26.0 Å². The highest BCUT2D eigenvalue weighted by Crippen LogP contribution is 2.24. The van der Waals surface area contributed by atoms with E-state index in [9.17, 15) is 4.39 Å². The van der Waals surface area contributed by atoms with Crippen molar-refractivity contribution < 1.29 is 4.39 Å². The number of halogens is 1. The molecule has 18 heavy (non-hydrogen) atoms. The van der Waals surface area contributed by atoms with Gasteiger partial charge in [0.15, 0.2) is 0 Å². The summed E-state index contributed by atoms with van der Waals surface area (Å²) in [5.74, 6) is -0.201. The van der Waals surface area contributed by atoms with Gasteiger partial charge < -0.3 is 5.73 Å². The third kappa shape index (κ3) is 2.44. The van der Waals surface area contributed by atoms with Gasteiger partial charge in [-0.3, -0.25) is 0 Å². The van der Waals surface area contributed by atoms with Crippen LogP contribution >= 0.6 is 0 Å². The smallest absolute Gasteiger partial charge is 0.126 e. The first-order valence-corrected chi connectivity index (χ1v) is 6.08. The Morgan fingerprint density at radius 3 is 2.28 bits per heavy atom. The Balaban J connectivity index is 2.44. The highest BCUT2D eigenvalue weighted by Gasteiger charge is 2.13. The van der Waals surface area contributed by atoms with Gasteiger partial charge in [-0.15, -0.1) is 0 Å². The van der Waals surface area contributed by atoms with Gasteiger partial charge >= 0.3 is 0 Å². The summed E-state index contributed by atoms with van der Waals surface area (Å²) in [4.78, 5) is 0. The summed E-state index contributed by atoms with van der Waals surface area (Å²) in [6.07, 6.45) is 0. The third-order valence-corrected chi connectivity index (χ3v) is 3.32. The molecule has 0 radical (unpaired) electrons. The predicted octanol–water partition coefficient (Wildman–Crippen LogP) is 3.80. The molecule has 2 rings (SSSR count). The summed E-state index contributed by atoms with van der Waals surface area (Å²) in [7, 11) is 0. The number of hydrogen-bond donors (Lipinski definition) is 1. The van der Waals surface area contributed by atoms with E-state index in [1.807, 2.05) is 19.9 Å². The SMILES string of the molecule is Cc1ccc(C)c(C(N)c2ccc(C)c(F)c2)c1. The lowest BCUT2D eigenvalue weighted by Crippen LogP contribution is -2.14. The average molecular weight is 243 g/mol. The first-order chi connectivity index (χ1) is 8.49. The minimum Gasteiger partial charge on any atom is -0.320 e. The molecule has 0 aliphatic heterocycles. The van der Waals surface area contributed by atoms with E-state index >= 15 is 0 Å². The number of benzene rings is 2. The molecule has 0 saturated heterocycles. The van der Waals surface area contributed by atoms with Gasteiger partial charge in [0, 0.05) is 0 Å². The zero-order chi connectivity index (χ0) is 13.3. The maximum absolute atomic E-state index is 13.6. The lowest BCUT2D eigenvalue weighted by atomic mass is 9.94. The van der Waals surface area contributed by atoms with Crippen molar-refractivity contribution in [3.8, 4) is 0 Å². The Labute approximate surface area is 107 Å². The van der Waals surface area contributed by atoms with E-state index in [0.29, 0.717) is 5.56 Å². The number of rotatable bonds is 2. The zero-order valence-electron chi connectivity index (χ0n) is 11.0. The molecular formula is C16H18FN. The minimum absolute atomic E-state index is 0.201. The van der Waals surface area contributed by atoms with E-state index in [0.717, 1.165) is 16.7 Å². The van der Waals surface area contributed by atoms with Gasteiger partial charge in [-0.25, -0.2) is 4.39 Å². The molecule has 0 amide bonds.